The molecule has 0 aliphatic carbocycles. The lowest BCUT2D eigenvalue weighted by Crippen LogP contribution is -2.30. The van der Waals surface area contributed by atoms with Gasteiger partial charge in [0.25, 0.3) is 0 Å². The summed E-state index contributed by atoms with van der Waals surface area (Å²) in [6, 6.07) is 16.2. The summed E-state index contributed by atoms with van der Waals surface area (Å²) in [5.41, 5.74) is 4.36. The van der Waals surface area contributed by atoms with Gasteiger partial charge in [0, 0.05) is 11.7 Å². The molecule has 0 aliphatic rings. The number of aryl methyl sites for hydroxylation is 2. The summed E-state index contributed by atoms with van der Waals surface area (Å²) in [6.07, 6.45) is 0. The molecule has 0 unspecified atom stereocenters. The molecule has 0 aliphatic heterocycles. The highest BCUT2D eigenvalue weighted by molar-refractivity contribution is 5.92. The van der Waals surface area contributed by atoms with Crippen molar-refractivity contribution >= 4 is 11.6 Å². The zero-order valence-corrected chi connectivity index (χ0v) is 12.8. The molecule has 2 rings (SSSR count). The molecule has 0 aromatic heterocycles. The van der Waals surface area contributed by atoms with Gasteiger partial charge in [-0.1, -0.05) is 48.0 Å². The van der Waals surface area contributed by atoms with Crippen LogP contribution in [0.2, 0.25) is 0 Å². The molecule has 2 aromatic carbocycles. The lowest BCUT2D eigenvalue weighted by molar-refractivity contribution is -0.115. The molecule has 0 radical (unpaired) electrons. The summed E-state index contributed by atoms with van der Waals surface area (Å²) in [5.74, 6) is -0.0243. The van der Waals surface area contributed by atoms with Crippen molar-refractivity contribution in [3.8, 4) is 0 Å². The van der Waals surface area contributed by atoms with Crippen molar-refractivity contribution in [3.63, 3.8) is 0 Å². The van der Waals surface area contributed by atoms with Gasteiger partial charge in [-0.2, -0.15) is 0 Å². The standard InChI is InChI=1S/C18H22N2O/c1-13-7-6-9-16(11-13)15(3)19-12-18(21)20-17-10-5-4-8-14(17)2/h4-11,15,19H,12H2,1-3H3,(H,20,21)/t15-/m0/s1. The first-order chi connectivity index (χ1) is 10.1. The van der Waals surface area contributed by atoms with Gasteiger partial charge in [-0.25, -0.2) is 0 Å². The first kappa shape index (κ1) is 15.3. The molecule has 2 aromatic rings. The van der Waals surface area contributed by atoms with Crippen LogP contribution in [0.4, 0.5) is 5.69 Å². The van der Waals surface area contributed by atoms with E-state index in [1.165, 1.54) is 11.1 Å². The van der Waals surface area contributed by atoms with E-state index in [4.69, 9.17) is 0 Å². The zero-order valence-electron chi connectivity index (χ0n) is 12.8. The molecule has 2 N–H and O–H groups in total. The van der Waals surface area contributed by atoms with Crippen molar-refractivity contribution in [2.45, 2.75) is 26.8 Å². The number of nitrogens with one attached hydrogen (secondary N) is 2. The minimum Gasteiger partial charge on any atom is -0.325 e. The molecule has 3 heteroatoms. The molecule has 110 valence electrons. The minimum absolute atomic E-state index is 0.0243. The third kappa shape index (κ3) is 4.43. The summed E-state index contributed by atoms with van der Waals surface area (Å²) in [5, 5.41) is 6.18. The summed E-state index contributed by atoms with van der Waals surface area (Å²) < 4.78 is 0. The SMILES string of the molecule is Cc1cccc([C@H](C)NCC(=O)Nc2ccccc2C)c1. The number of anilines is 1. The summed E-state index contributed by atoms with van der Waals surface area (Å²) in [4.78, 5) is 12.0. The average Bonchev–Trinajstić information content (AvgIpc) is 2.47. The molecule has 0 saturated carbocycles. The van der Waals surface area contributed by atoms with Crippen LogP contribution in [0.3, 0.4) is 0 Å². The third-order valence-corrected chi connectivity index (χ3v) is 3.53. The van der Waals surface area contributed by atoms with E-state index in [0.717, 1.165) is 11.3 Å². The molecule has 21 heavy (non-hydrogen) atoms. The Kier molecular flexibility index (Phi) is 5.12. The maximum absolute atomic E-state index is 12.0. The van der Waals surface area contributed by atoms with Crippen molar-refractivity contribution in [1.82, 2.24) is 5.32 Å². The smallest absolute Gasteiger partial charge is 0.238 e. The molecule has 0 fully saturated rings. The maximum atomic E-state index is 12.0. The Morgan fingerprint density at radius 2 is 1.86 bits per heavy atom. The number of para-hydroxylation sites is 1. The van der Waals surface area contributed by atoms with Gasteiger partial charge in [-0.05, 0) is 38.0 Å². The van der Waals surface area contributed by atoms with Gasteiger partial charge < -0.3 is 10.6 Å². The van der Waals surface area contributed by atoms with Crippen LogP contribution in [0.1, 0.15) is 29.7 Å². The molecule has 0 saturated heterocycles. The second kappa shape index (κ2) is 7.04. The van der Waals surface area contributed by atoms with E-state index in [9.17, 15) is 4.79 Å². The van der Waals surface area contributed by atoms with E-state index in [-0.39, 0.29) is 11.9 Å². The van der Waals surface area contributed by atoms with Crippen LogP contribution in [-0.4, -0.2) is 12.5 Å². The van der Waals surface area contributed by atoms with Crippen LogP contribution >= 0.6 is 0 Å². The molecule has 0 bridgehead atoms. The third-order valence-electron chi connectivity index (χ3n) is 3.53. The fourth-order valence-corrected chi connectivity index (χ4v) is 2.21. The molecular weight excluding hydrogens is 260 g/mol. The molecule has 3 nitrogen and oxygen atoms in total. The fourth-order valence-electron chi connectivity index (χ4n) is 2.21. The maximum Gasteiger partial charge on any atom is 0.238 e. The second-order valence-electron chi connectivity index (χ2n) is 5.38. The van der Waals surface area contributed by atoms with Crippen molar-refractivity contribution < 1.29 is 4.79 Å². The largest absolute Gasteiger partial charge is 0.325 e. The van der Waals surface area contributed by atoms with Crippen LogP contribution < -0.4 is 10.6 Å². The number of carbonyl (C=O) groups is 1. The second-order valence-corrected chi connectivity index (χ2v) is 5.38. The molecular formula is C18H22N2O. The van der Waals surface area contributed by atoms with Gasteiger partial charge in [0.1, 0.15) is 0 Å². The highest BCUT2D eigenvalue weighted by atomic mass is 16.1. The summed E-state index contributed by atoms with van der Waals surface area (Å²) in [7, 11) is 0. The van der Waals surface area contributed by atoms with Gasteiger partial charge in [0.15, 0.2) is 0 Å². The van der Waals surface area contributed by atoms with Crippen LogP contribution in [-0.2, 0) is 4.79 Å². The monoisotopic (exact) mass is 282 g/mol. The first-order valence-corrected chi connectivity index (χ1v) is 7.21. The van der Waals surface area contributed by atoms with Crippen LogP contribution in [0.25, 0.3) is 0 Å². The number of benzene rings is 2. The number of hydrogen-bond acceptors (Lipinski definition) is 2. The predicted molar refractivity (Wildman–Crippen MR) is 87.4 cm³/mol. The first-order valence-electron chi connectivity index (χ1n) is 7.21. The Balaban J connectivity index is 1.88. The Morgan fingerprint density at radius 1 is 1.10 bits per heavy atom. The van der Waals surface area contributed by atoms with Crippen molar-refractivity contribution in [2.24, 2.45) is 0 Å². The summed E-state index contributed by atoms with van der Waals surface area (Å²) >= 11 is 0. The predicted octanol–water partition coefficient (Wildman–Crippen LogP) is 3.59. The number of hydrogen-bond donors (Lipinski definition) is 2. The zero-order chi connectivity index (χ0) is 15.2. The minimum atomic E-state index is -0.0243. The van der Waals surface area contributed by atoms with E-state index in [1.54, 1.807) is 0 Å². The Labute approximate surface area is 126 Å². The van der Waals surface area contributed by atoms with Crippen molar-refractivity contribution in [3.05, 3.63) is 65.2 Å². The van der Waals surface area contributed by atoms with Crippen molar-refractivity contribution in [2.75, 3.05) is 11.9 Å². The van der Waals surface area contributed by atoms with E-state index in [0.29, 0.717) is 6.54 Å². The Hall–Kier alpha value is -2.13. The Bertz CT molecular complexity index is 622. The number of carbonyl (C=O) groups excluding carboxylic acids is 1. The van der Waals surface area contributed by atoms with Crippen molar-refractivity contribution in [1.29, 1.82) is 0 Å². The fraction of sp³-hybridized carbons (Fsp3) is 0.278. The van der Waals surface area contributed by atoms with Crippen LogP contribution in [0, 0.1) is 13.8 Å². The quantitative estimate of drug-likeness (QED) is 0.880. The normalized spacial score (nSPS) is 12.0. The lowest BCUT2D eigenvalue weighted by Gasteiger charge is -2.15. The lowest BCUT2D eigenvalue weighted by atomic mass is 10.1. The molecule has 1 atom stereocenters. The molecule has 0 heterocycles. The van der Waals surface area contributed by atoms with Crippen LogP contribution in [0.15, 0.2) is 48.5 Å². The van der Waals surface area contributed by atoms with Gasteiger partial charge in [0.2, 0.25) is 5.91 Å². The van der Waals surface area contributed by atoms with E-state index in [2.05, 4.69) is 42.7 Å². The highest BCUT2D eigenvalue weighted by Crippen LogP contribution is 2.14. The topological polar surface area (TPSA) is 41.1 Å². The van der Waals surface area contributed by atoms with Gasteiger partial charge in [-0.3, -0.25) is 4.79 Å². The summed E-state index contributed by atoms with van der Waals surface area (Å²) in [6.45, 7) is 6.42. The number of rotatable bonds is 5. The van der Waals surface area contributed by atoms with Gasteiger partial charge in [-0.15, -0.1) is 0 Å². The highest BCUT2D eigenvalue weighted by Gasteiger charge is 2.08. The Morgan fingerprint density at radius 3 is 2.57 bits per heavy atom. The van der Waals surface area contributed by atoms with E-state index >= 15 is 0 Å². The molecule has 1 amide bonds. The average molecular weight is 282 g/mol. The van der Waals surface area contributed by atoms with E-state index < -0.39 is 0 Å². The number of amides is 1. The van der Waals surface area contributed by atoms with E-state index in [1.807, 2.05) is 37.3 Å². The van der Waals surface area contributed by atoms with Gasteiger partial charge in [0.05, 0.1) is 6.54 Å². The molecule has 0 spiro atoms. The van der Waals surface area contributed by atoms with Gasteiger partial charge >= 0.3 is 0 Å². The van der Waals surface area contributed by atoms with Crippen LogP contribution in [0.5, 0.6) is 0 Å².